The molecule has 4 rings (SSSR count). The van der Waals surface area contributed by atoms with Crippen LogP contribution < -0.4 is 4.90 Å². The van der Waals surface area contributed by atoms with Gasteiger partial charge in [0.05, 0.1) is 18.4 Å². The third-order valence-electron chi connectivity index (χ3n) is 4.94. The van der Waals surface area contributed by atoms with E-state index < -0.39 is 23.7 Å². The van der Waals surface area contributed by atoms with Crippen molar-refractivity contribution in [2.24, 2.45) is 0 Å². The molecule has 1 aliphatic rings. The minimum atomic E-state index is -0.850. The van der Waals surface area contributed by atoms with Crippen LogP contribution in [-0.2, 0) is 14.3 Å². The highest BCUT2D eigenvalue weighted by Gasteiger charge is 2.48. The zero-order valence-electron chi connectivity index (χ0n) is 16.9. The molecule has 1 aromatic carbocycles. The molecule has 0 bridgehead atoms. The number of aliphatic hydroxyl groups excluding tert-OH is 1. The Bertz CT molecular complexity index is 1210. The molecular weight excluding hydrogens is 436 g/mol. The molecule has 9 heteroatoms. The summed E-state index contributed by atoms with van der Waals surface area (Å²) in [6, 6.07) is 9.78. The molecule has 1 amide bonds. The van der Waals surface area contributed by atoms with Gasteiger partial charge in [-0.25, -0.2) is 9.78 Å². The van der Waals surface area contributed by atoms with E-state index in [1.807, 2.05) is 24.4 Å². The Labute approximate surface area is 186 Å². The number of hydrogen-bond donors (Lipinski definition) is 1. The largest absolute Gasteiger partial charge is 0.507 e. The highest BCUT2D eigenvalue weighted by Crippen LogP contribution is 2.45. The van der Waals surface area contributed by atoms with E-state index in [0.717, 1.165) is 16.9 Å². The molecule has 158 valence electrons. The smallest absolute Gasteiger partial charge is 0.350 e. The Hall–Kier alpha value is -3.30. The van der Waals surface area contributed by atoms with Gasteiger partial charge in [0.1, 0.15) is 16.7 Å². The monoisotopic (exact) mass is 454 g/mol. The van der Waals surface area contributed by atoms with Gasteiger partial charge in [-0.1, -0.05) is 47.2 Å². The number of nitrogens with zero attached hydrogens (tertiary/aromatic N) is 2. The number of carbonyl (C=O) groups is 3. The Morgan fingerprint density at radius 1 is 1.16 bits per heavy atom. The number of ketones is 1. The molecular formula is C22H18N2O5S2. The maximum absolute atomic E-state index is 13.1. The molecule has 0 unspecified atom stereocenters. The maximum Gasteiger partial charge on any atom is 0.350 e. The second-order valence-corrected chi connectivity index (χ2v) is 8.91. The Kier molecular flexibility index (Phi) is 5.47. The van der Waals surface area contributed by atoms with E-state index in [1.165, 1.54) is 23.3 Å². The second kappa shape index (κ2) is 8.09. The number of carbonyl (C=O) groups excluding carboxylic acids is 3. The molecule has 3 heterocycles. The average molecular weight is 455 g/mol. The summed E-state index contributed by atoms with van der Waals surface area (Å²) in [6.45, 7) is 3.55. The predicted octanol–water partition coefficient (Wildman–Crippen LogP) is 4.23. The zero-order chi connectivity index (χ0) is 22.3. The lowest BCUT2D eigenvalue weighted by Crippen LogP contribution is -2.29. The second-order valence-electron chi connectivity index (χ2n) is 6.95. The number of methoxy groups -OCH3 is 1. The van der Waals surface area contributed by atoms with E-state index in [1.54, 1.807) is 31.2 Å². The van der Waals surface area contributed by atoms with E-state index >= 15 is 0 Å². The quantitative estimate of drug-likeness (QED) is 0.274. The minimum Gasteiger partial charge on any atom is -0.507 e. The summed E-state index contributed by atoms with van der Waals surface area (Å²) in [4.78, 5) is 44.7. The number of ether oxygens (including phenoxy) is 1. The summed E-state index contributed by atoms with van der Waals surface area (Å²) < 4.78 is 4.78. The van der Waals surface area contributed by atoms with Crippen LogP contribution in [0.3, 0.4) is 0 Å². The maximum atomic E-state index is 13.1. The molecule has 0 aliphatic carbocycles. The van der Waals surface area contributed by atoms with Gasteiger partial charge in [0.2, 0.25) is 0 Å². The van der Waals surface area contributed by atoms with Crippen molar-refractivity contribution in [2.75, 3.05) is 12.0 Å². The fourth-order valence-electron chi connectivity index (χ4n) is 3.38. The molecule has 1 fully saturated rings. The molecule has 0 saturated carbocycles. The van der Waals surface area contributed by atoms with Crippen molar-refractivity contribution < 1.29 is 24.2 Å². The molecule has 1 aliphatic heterocycles. The zero-order valence-corrected chi connectivity index (χ0v) is 18.5. The molecule has 7 nitrogen and oxygen atoms in total. The first-order valence-corrected chi connectivity index (χ1v) is 11.0. The fraction of sp³-hybridized carbons (Fsp3) is 0.182. The van der Waals surface area contributed by atoms with Crippen LogP contribution >= 0.6 is 22.7 Å². The van der Waals surface area contributed by atoms with Crippen LogP contribution in [0, 0.1) is 13.8 Å². The van der Waals surface area contributed by atoms with Gasteiger partial charge < -0.3 is 9.84 Å². The van der Waals surface area contributed by atoms with Crippen LogP contribution in [-0.4, -0.2) is 34.9 Å². The summed E-state index contributed by atoms with van der Waals surface area (Å²) >= 11 is 2.33. The van der Waals surface area contributed by atoms with Crippen molar-refractivity contribution >= 4 is 51.2 Å². The van der Waals surface area contributed by atoms with Gasteiger partial charge in [-0.3, -0.25) is 14.5 Å². The van der Waals surface area contributed by atoms with Crippen molar-refractivity contribution in [3.8, 4) is 0 Å². The van der Waals surface area contributed by atoms with Crippen LogP contribution in [0.2, 0.25) is 0 Å². The number of esters is 1. The van der Waals surface area contributed by atoms with E-state index in [0.29, 0.717) is 16.1 Å². The SMILES string of the molecule is COC(=O)c1sc(N2C(=O)C(=O)/C(=C(/O)c3ccc(C)cc3)[C@@H]2c2cccs2)nc1C. The summed E-state index contributed by atoms with van der Waals surface area (Å²) in [6.07, 6.45) is 0. The molecule has 1 atom stereocenters. The number of thiazole rings is 1. The molecule has 31 heavy (non-hydrogen) atoms. The average Bonchev–Trinajstić information content (AvgIpc) is 3.47. The number of hydrogen-bond acceptors (Lipinski definition) is 8. The van der Waals surface area contributed by atoms with E-state index in [9.17, 15) is 19.5 Å². The highest BCUT2D eigenvalue weighted by molar-refractivity contribution is 7.18. The highest BCUT2D eigenvalue weighted by atomic mass is 32.1. The predicted molar refractivity (Wildman–Crippen MR) is 118 cm³/mol. The number of anilines is 1. The van der Waals surface area contributed by atoms with E-state index in [2.05, 4.69) is 4.98 Å². The number of aliphatic hydroxyl groups is 1. The van der Waals surface area contributed by atoms with Gasteiger partial charge in [-0.15, -0.1) is 11.3 Å². The van der Waals surface area contributed by atoms with E-state index in [-0.39, 0.29) is 21.3 Å². The lowest BCUT2D eigenvalue weighted by atomic mass is 9.99. The Morgan fingerprint density at radius 3 is 2.48 bits per heavy atom. The molecule has 3 aromatic rings. The number of benzene rings is 1. The first kappa shape index (κ1) is 21.0. The lowest BCUT2D eigenvalue weighted by Gasteiger charge is -2.21. The number of aromatic nitrogens is 1. The summed E-state index contributed by atoms with van der Waals surface area (Å²) in [5, 5.41) is 13.0. The van der Waals surface area contributed by atoms with Gasteiger partial charge in [0.15, 0.2) is 5.13 Å². The first-order valence-electron chi connectivity index (χ1n) is 9.30. The molecule has 0 radical (unpaired) electrons. The van der Waals surface area contributed by atoms with Gasteiger partial charge in [-0.2, -0.15) is 0 Å². The van der Waals surface area contributed by atoms with Crippen molar-refractivity contribution in [3.63, 3.8) is 0 Å². The van der Waals surface area contributed by atoms with Crippen molar-refractivity contribution in [3.05, 3.63) is 73.9 Å². The number of amides is 1. The summed E-state index contributed by atoms with van der Waals surface area (Å²) in [5.41, 5.74) is 1.83. The summed E-state index contributed by atoms with van der Waals surface area (Å²) in [5.74, 6) is -2.42. The van der Waals surface area contributed by atoms with Gasteiger partial charge in [0, 0.05) is 10.4 Å². The Morgan fingerprint density at radius 2 is 1.87 bits per heavy atom. The van der Waals surface area contributed by atoms with Crippen molar-refractivity contribution in [1.29, 1.82) is 0 Å². The number of aryl methyl sites for hydroxylation is 2. The topological polar surface area (TPSA) is 96.8 Å². The molecule has 1 saturated heterocycles. The molecule has 1 N–H and O–H groups in total. The Balaban J connectivity index is 1.90. The lowest BCUT2D eigenvalue weighted by molar-refractivity contribution is -0.132. The molecule has 0 spiro atoms. The summed E-state index contributed by atoms with van der Waals surface area (Å²) in [7, 11) is 1.26. The van der Waals surface area contributed by atoms with Crippen LogP contribution in [0.4, 0.5) is 5.13 Å². The van der Waals surface area contributed by atoms with E-state index in [4.69, 9.17) is 4.74 Å². The number of thiophene rings is 1. The third-order valence-corrected chi connectivity index (χ3v) is 7.01. The first-order chi connectivity index (χ1) is 14.8. The fourth-order valence-corrected chi connectivity index (χ4v) is 5.22. The molecule has 2 aromatic heterocycles. The van der Waals surface area contributed by atoms with Crippen molar-refractivity contribution in [2.45, 2.75) is 19.9 Å². The standard InChI is InChI=1S/C22H18N2O5S2/c1-11-6-8-13(9-7-11)17(25)15-16(14-5-4-10-30-14)24(20(27)18(15)26)22-23-12(2)19(31-22)21(28)29-3/h4-10,16,25H,1-3H3/b17-15+/t16-/m0/s1. The van der Waals surface area contributed by atoms with Gasteiger partial charge in [-0.05, 0) is 25.3 Å². The minimum absolute atomic E-state index is 0.0104. The van der Waals surface area contributed by atoms with Gasteiger partial charge in [0.25, 0.3) is 5.78 Å². The number of Topliss-reactive ketones (excluding diaryl/α,β-unsaturated/α-hetero) is 1. The third kappa shape index (κ3) is 3.55. The normalized spacial score (nSPS) is 17.9. The van der Waals surface area contributed by atoms with Gasteiger partial charge >= 0.3 is 11.9 Å². The van der Waals surface area contributed by atoms with Crippen LogP contribution in [0.5, 0.6) is 0 Å². The van der Waals surface area contributed by atoms with Crippen LogP contribution in [0.15, 0.2) is 47.4 Å². The van der Waals surface area contributed by atoms with Crippen LogP contribution in [0.25, 0.3) is 5.76 Å². The van der Waals surface area contributed by atoms with Crippen LogP contribution in [0.1, 0.15) is 37.4 Å². The van der Waals surface area contributed by atoms with Crippen molar-refractivity contribution in [1.82, 2.24) is 4.98 Å². The number of rotatable bonds is 4.